The molecule has 1 aromatic heterocycles. The Bertz CT molecular complexity index is 440. The minimum Gasteiger partial charge on any atom is -0.391 e. The topological polar surface area (TPSA) is 74.7 Å². The van der Waals surface area contributed by atoms with Crippen LogP contribution in [-0.4, -0.2) is 48.8 Å². The lowest BCUT2D eigenvalue weighted by Crippen LogP contribution is -2.53. The molecule has 18 heavy (non-hydrogen) atoms. The molecule has 6 nitrogen and oxygen atoms in total. The van der Waals surface area contributed by atoms with E-state index in [2.05, 4.69) is 10.3 Å². The lowest BCUT2D eigenvalue weighted by Gasteiger charge is -2.33. The van der Waals surface area contributed by atoms with Crippen LogP contribution in [-0.2, 0) is 16.1 Å². The van der Waals surface area contributed by atoms with Crippen molar-refractivity contribution in [2.24, 2.45) is 0 Å². The van der Waals surface area contributed by atoms with E-state index in [1.807, 2.05) is 4.90 Å². The number of anilines is 1. The number of likely N-dealkylation sites (N-methyl/N-ethyl adjacent to an activating group) is 1. The maximum Gasteiger partial charge on any atom is 0.244 e. The molecule has 0 aliphatic carbocycles. The van der Waals surface area contributed by atoms with Crippen LogP contribution in [0.2, 0.25) is 5.15 Å². The van der Waals surface area contributed by atoms with Gasteiger partial charge in [-0.2, -0.15) is 0 Å². The first-order valence-electron chi connectivity index (χ1n) is 5.49. The number of nitrogens with one attached hydrogen (secondary N) is 1. The zero-order valence-electron chi connectivity index (χ0n) is 9.85. The number of aliphatic hydroxyl groups excluding tert-OH is 1. The van der Waals surface area contributed by atoms with Gasteiger partial charge in [-0.3, -0.25) is 4.79 Å². The molecule has 1 saturated heterocycles. The Kier molecular flexibility index (Phi) is 4.39. The van der Waals surface area contributed by atoms with Gasteiger partial charge in [0.1, 0.15) is 11.2 Å². The third kappa shape index (κ3) is 2.59. The lowest BCUT2D eigenvalue weighted by atomic mass is 10.2. The summed E-state index contributed by atoms with van der Waals surface area (Å²) in [5, 5.41) is 12.6. The summed E-state index contributed by atoms with van der Waals surface area (Å²) in [6.07, 6.45) is 0. The second-order valence-electron chi connectivity index (χ2n) is 3.77. The molecule has 1 aliphatic rings. The summed E-state index contributed by atoms with van der Waals surface area (Å²) in [5.74, 6) is -0.119. The summed E-state index contributed by atoms with van der Waals surface area (Å²) in [6, 6.07) is -0.405. The van der Waals surface area contributed by atoms with Crippen LogP contribution in [0.5, 0.6) is 0 Å². The summed E-state index contributed by atoms with van der Waals surface area (Å²) in [4.78, 5) is 18.4. The fraction of sp³-hybridized carbons (Fsp3) is 0.600. The van der Waals surface area contributed by atoms with Crippen molar-refractivity contribution in [1.29, 1.82) is 0 Å². The van der Waals surface area contributed by atoms with Gasteiger partial charge in [0, 0.05) is 13.6 Å². The van der Waals surface area contributed by atoms with Crippen molar-refractivity contribution >= 4 is 34.0 Å². The number of hydrogen-bond donors (Lipinski definition) is 2. The van der Waals surface area contributed by atoms with E-state index >= 15 is 0 Å². The van der Waals surface area contributed by atoms with Crippen LogP contribution in [0.25, 0.3) is 0 Å². The first-order valence-corrected chi connectivity index (χ1v) is 6.69. The quantitative estimate of drug-likeness (QED) is 0.834. The van der Waals surface area contributed by atoms with Crippen LogP contribution < -0.4 is 10.2 Å². The van der Waals surface area contributed by atoms with E-state index in [0.29, 0.717) is 34.9 Å². The highest BCUT2D eigenvalue weighted by Crippen LogP contribution is 2.31. The Hall–Kier alpha value is -0.890. The summed E-state index contributed by atoms with van der Waals surface area (Å²) in [7, 11) is 1.59. The van der Waals surface area contributed by atoms with E-state index in [1.165, 1.54) is 11.3 Å². The van der Waals surface area contributed by atoms with Crippen molar-refractivity contribution in [3.05, 3.63) is 10.0 Å². The standard InChI is InChI=1S/C10H14ClN3O3S/c1-12-9(16)6-5-17-3-2-14(6)10-13-8(11)7(4-15)18-10/h6,15H,2-5H2,1H3,(H,12,16). The molecular formula is C10H14ClN3O3S. The van der Waals surface area contributed by atoms with Gasteiger partial charge in [-0.1, -0.05) is 22.9 Å². The Balaban J connectivity index is 2.24. The molecule has 0 bridgehead atoms. The summed E-state index contributed by atoms with van der Waals surface area (Å²) in [5.41, 5.74) is 0. The van der Waals surface area contributed by atoms with Crippen molar-refractivity contribution < 1.29 is 14.6 Å². The zero-order valence-corrected chi connectivity index (χ0v) is 11.4. The van der Waals surface area contributed by atoms with Crippen LogP contribution in [0.15, 0.2) is 0 Å². The summed E-state index contributed by atoms with van der Waals surface area (Å²) in [6.45, 7) is 1.29. The predicted molar refractivity (Wildman–Crippen MR) is 69.1 cm³/mol. The van der Waals surface area contributed by atoms with Crippen molar-refractivity contribution in [1.82, 2.24) is 10.3 Å². The maximum absolute atomic E-state index is 11.8. The molecule has 0 radical (unpaired) electrons. The van der Waals surface area contributed by atoms with Gasteiger partial charge in [-0.15, -0.1) is 0 Å². The monoisotopic (exact) mass is 291 g/mol. The van der Waals surface area contributed by atoms with Crippen molar-refractivity contribution in [3.8, 4) is 0 Å². The van der Waals surface area contributed by atoms with Gasteiger partial charge in [-0.25, -0.2) is 4.98 Å². The number of nitrogens with zero attached hydrogens (tertiary/aromatic N) is 2. The Morgan fingerprint density at radius 3 is 3.17 bits per heavy atom. The Morgan fingerprint density at radius 1 is 1.78 bits per heavy atom. The van der Waals surface area contributed by atoms with Crippen LogP contribution in [0.1, 0.15) is 4.88 Å². The fourth-order valence-corrected chi connectivity index (χ4v) is 2.95. The van der Waals surface area contributed by atoms with Gasteiger partial charge in [0.2, 0.25) is 5.91 Å². The van der Waals surface area contributed by atoms with Crippen LogP contribution in [0.3, 0.4) is 0 Å². The minimum absolute atomic E-state index is 0.119. The fourth-order valence-electron chi connectivity index (χ4n) is 1.76. The molecule has 0 aromatic carbocycles. The molecule has 1 amide bonds. The second-order valence-corrected chi connectivity index (χ2v) is 5.19. The molecule has 100 valence electrons. The van der Waals surface area contributed by atoms with Gasteiger partial charge in [0.15, 0.2) is 5.13 Å². The van der Waals surface area contributed by atoms with Gasteiger partial charge >= 0.3 is 0 Å². The van der Waals surface area contributed by atoms with Crippen molar-refractivity contribution in [2.75, 3.05) is 31.7 Å². The summed E-state index contributed by atoms with van der Waals surface area (Å²) >= 11 is 7.20. The summed E-state index contributed by atoms with van der Waals surface area (Å²) < 4.78 is 5.31. The molecule has 1 aromatic rings. The number of ether oxygens (including phenoxy) is 1. The molecule has 2 heterocycles. The molecule has 0 spiro atoms. The first-order chi connectivity index (χ1) is 8.67. The van der Waals surface area contributed by atoms with E-state index in [-0.39, 0.29) is 12.5 Å². The smallest absolute Gasteiger partial charge is 0.244 e. The van der Waals surface area contributed by atoms with Crippen molar-refractivity contribution in [2.45, 2.75) is 12.6 Å². The van der Waals surface area contributed by atoms with Crippen LogP contribution in [0.4, 0.5) is 5.13 Å². The first kappa shape index (κ1) is 13.5. The largest absolute Gasteiger partial charge is 0.391 e. The predicted octanol–water partition coefficient (Wildman–Crippen LogP) is 0.240. The number of carbonyl (C=O) groups excluding carboxylic acids is 1. The van der Waals surface area contributed by atoms with Gasteiger partial charge in [-0.05, 0) is 0 Å². The second kappa shape index (κ2) is 5.83. The normalized spacial score (nSPS) is 19.9. The Morgan fingerprint density at radius 2 is 2.56 bits per heavy atom. The van der Waals surface area contributed by atoms with Gasteiger partial charge in [0.25, 0.3) is 0 Å². The highest BCUT2D eigenvalue weighted by molar-refractivity contribution is 7.16. The number of thiazole rings is 1. The zero-order chi connectivity index (χ0) is 13.1. The number of halogens is 1. The Labute approximate surface area is 114 Å². The van der Waals surface area contributed by atoms with Crippen LogP contribution >= 0.6 is 22.9 Å². The SMILES string of the molecule is CNC(=O)C1COCCN1c1nc(Cl)c(CO)s1. The number of morpholine rings is 1. The van der Waals surface area contributed by atoms with E-state index in [1.54, 1.807) is 7.05 Å². The number of aliphatic hydroxyl groups is 1. The number of carbonyl (C=O) groups is 1. The molecule has 1 unspecified atom stereocenters. The van der Waals surface area contributed by atoms with Gasteiger partial charge < -0.3 is 20.1 Å². The molecule has 1 fully saturated rings. The lowest BCUT2D eigenvalue weighted by molar-refractivity contribution is -0.124. The third-order valence-electron chi connectivity index (χ3n) is 2.71. The third-order valence-corrected chi connectivity index (χ3v) is 4.21. The van der Waals surface area contributed by atoms with E-state index in [9.17, 15) is 4.79 Å². The number of rotatable bonds is 3. The highest BCUT2D eigenvalue weighted by atomic mass is 35.5. The molecule has 1 atom stereocenters. The molecule has 2 rings (SSSR count). The molecule has 2 N–H and O–H groups in total. The number of amides is 1. The maximum atomic E-state index is 11.8. The highest BCUT2D eigenvalue weighted by Gasteiger charge is 2.31. The molecule has 1 aliphatic heterocycles. The molecular weight excluding hydrogens is 278 g/mol. The van der Waals surface area contributed by atoms with Crippen LogP contribution in [0, 0.1) is 0 Å². The minimum atomic E-state index is -0.405. The van der Waals surface area contributed by atoms with E-state index < -0.39 is 6.04 Å². The van der Waals surface area contributed by atoms with Crippen molar-refractivity contribution in [3.63, 3.8) is 0 Å². The average molecular weight is 292 g/mol. The average Bonchev–Trinajstić information content (AvgIpc) is 2.79. The molecule has 8 heteroatoms. The van der Waals surface area contributed by atoms with E-state index in [0.717, 1.165) is 0 Å². The van der Waals surface area contributed by atoms with Gasteiger partial charge in [0.05, 0.1) is 24.7 Å². The van der Waals surface area contributed by atoms with E-state index in [4.69, 9.17) is 21.4 Å². The molecule has 0 saturated carbocycles. The number of hydrogen-bond acceptors (Lipinski definition) is 6. The number of aromatic nitrogens is 1.